The average Bonchev–Trinajstić information content (AvgIpc) is 2.56. The molecular formula is C17H19N3O5S. The molecule has 9 heteroatoms. The third-order valence-corrected chi connectivity index (χ3v) is 5.03. The van der Waals surface area contributed by atoms with Gasteiger partial charge in [0.1, 0.15) is 0 Å². The van der Waals surface area contributed by atoms with Crippen molar-refractivity contribution in [2.75, 3.05) is 15.8 Å². The van der Waals surface area contributed by atoms with Gasteiger partial charge in [-0.05, 0) is 37.6 Å². The normalized spacial score (nSPS) is 11.0. The number of aryl methyl sites for hydroxylation is 1. The van der Waals surface area contributed by atoms with E-state index in [2.05, 4.69) is 10.0 Å². The van der Waals surface area contributed by atoms with Crippen LogP contribution in [0.2, 0.25) is 0 Å². The molecule has 8 nitrogen and oxygen atoms in total. The maximum atomic E-state index is 12.4. The standard InChI is InChI=1S/C17H19N3O5S/c1-3-9-26(24,25)19-15-6-4-5-13(10-15)17(21)18-14-8-7-12(2)16(11-14)20(22)23/h4-8,10-11,19H,3,9H2,1-2H3,(H,18,21). The topological polar surface area (TPSA) is 118 Å². The first-order valence-corrected chi connectivity index (χ1v) is 9.54. The van der Waals surface area contributed by atoms with Crippen LogP contribution in [0.3, 0.4) is 0 Å². The predicted octanol–water partition coefficient (Wildman–Crippen LogP) is 3.31. The van der Waals surface area contributed by atoms with Gasteiger partial charge in [-0.3, -0.25) is 19.6 Å². The van der Waals surface area contributed by atoms with Crippen LogP contribution in [-0.2, 0) is 10.0 Å². The summed E-state index contributed by atoms with van der Waals surface area (Å²) in [5, 5.41) is 13.6. The van der Waals surface area contributed by atoms with Gasteiger partial charge in [0.2, 0.25) is 10.0 Å². The lowest BCUT2D eigenvalue weighted by atomic mass is 10.1. The number of carbonyl (C=O) groups is 1. The molecule has 0 saturated heterocycles. The van der Waals surface area contributed by atoms with E-state index >= 15 is 0 Å². The Morgan fingerprint density at radius 2 is 1.88 bits per heavy atom. The van der Waals surface area contributed by atoms with Crippen LogP contribution in [0.25, 0.3) is 0 Å². The molecule has 0 fully saturated rings. The first-order chi connectivity index (χ1) is 12.2. The molecule has 0 bridgehead atoms. The lowest BCUT2D eigenvalue weighted by Gasteiger charge is -2.10. The molecular weight excluding hydrogens is 358 g/mol. The number of hydrogen-bond acceptors (Lipinski definition) is 5. The minimum absolute atomic E-state index is 0.0174. The molecule has 2 rings (SSSR count). The van der Waals surface area contributed by atoms with Crippen LogP contribution in [0, 0.1) is 17.0 Å². The molecule has 1 amide bonds. The SMILES string of the molecule is CCCS(=O)(=O)Nc1cccc(C(=O)Nc2ccc(C)c([N+](=O)[O-])c2)c1. The number of nitrogens with zero attached hydrogens (tertiary/aromatic N) is 1. The van der Waals surface area contributed by atoms with Crippen molar-refractivity contribution in [2.45, 2.75) is 20.3 Å². The Bertz CT molecular complexity index is 941. The molecule has 26 heavy (non-hydrogen) atoms. The van der Waals surface area contributed by atoms with E-state index in [4.69, 9.17) is 0 Å². The summed E-state index contributed by atoms with van der Waals surface area (Å²) in [6, 6.07) is 10.4. The van der Waals surface area contributed by atoms with Gasteiger partial charge in [-0.1, -0.05) is 19.1 Å². The molecule has 0 radical (unpaired) electrons. The fourth-order valence-electron chi connectivity index (χ4n) is 2.31. The summed E-state index contributed by atoms with van der Waals surface area (Å²) < 4.78 is 26.1. The van der Waals surface area contributed by atoms with E-state index in [-0.39, 0.29) is 28.4 Å². The minimum Gasteiger partial charge on any atom is -0.322 e. The van der Waals surface area contributed by atoms with Crippen molar-refractivity contribution in [1.82, 2.24) is 0 Å². The van der Waals surface area contributed by atoms with E-state index in [0.717, 1.165) is 0 Å². The molecule has 138 valence electrons. The second-order valence-electron chi connectivity index (χ2n) is 5.71. The Balaban J connectivity index is 2.19. The minimum atomic E-state index is -3.46. The quantitative estimate of drug-likeness (QED) is 0.567. The monoisotopic (exact) mass is 377 g/mol. The summed E-state index contributed by atoms with van der Waals surface area (Å²) >= 11 is 0. The van der Waals surface area contributed by atoms with E-state index in [9.17, 15) is 23.3 Å². The van der Waals surface area contributed by atoms with Gasteiger partial charge in [0.15, 0.2) is 0 Å². The number of sulfonamides is 1. The van der Waals surface area contributed by atoms with Crippen molar-refractivity contribution in [3.63, 3.8) is 0 Å². The van der Waals surface area contributed by atoms with Crippen molar-refractivity contribution in [3.8, 4) is 0 Å². The van der Waals surface area contributed by atoms with Gasteiger partial charge in [-0.15, -0.1) is 0 Å². The first-order valence-electron chi connectivity index (χ1n) is 7.89. The number of nitrogens with one attached hydrogen (secondary N) is 2. The molecule has 2 N–H and O–H groups in total. The Morgan fingerprint density at radius 1 is 1.15 bits per heavy atom. The van der Waals surface area contributed by atoms with Crippen LogP contribution in [0.15, 0.2) is 42.5 Å². The maximum absolute atomic E-state index is 12.4. The molecule has 0 aliphatic rings. The van der Waals surface area contributed by atoms with Crippen LogP contribution in [-0.4, -0.2) is 25.0 Å². The number of rotatable bonds is 7. The van der Waals surface area contributed by atoms with Gasteiger partial charge in [-0.25, -0.2) is 8.42 Å². The zero-order chi connectivity index (χ0) is 19.3. The first kappa shape index (κ1) is 19.4. The second-order valence-corrected chi connectivity index (χ2v) is 7.56. The van der Waals surface area contributed by atoms with Gasteiger partial charge in [0.25, 0.3) is 11.6 Å². The lowest BCUT2D eigenvalue weighted by molar-refractivity contribution is -0.385. The molecule has 0 atom stereocenters. The molecule has 2 aromatic rings. The molecule has 0 spiro atoms. The Kier molecular flexibility index (Phi) is 5.93. The van der Waals surface area contributed by atoms with Gasteiger partial charge in [0, 0.05) is 28.6 Å². The van der Waals surface area contributed by atoms with Crippen molar-refractivity contribution in [2.24, 2.45) is 0 Å². The summed E-state index contributed by atoms with van der Waals surface area (Å²) in [5.41, 5.74) is 1.18. The number of hydrogen-bond donors (Lipinski definition) is 2. The molecule has 0 aromatic heterocycles. The van der Waals surface area contributed by atoms with E-state index in [1.54, 1.807) is 38.1 Å². The van der Waals surface area contributed by atoms with Crippen LogP contribution < -0.4 is 10.0 Å². The molecule has 0 aliphatic heterocycles. The molecule has 0 heterocycles. The Morgan fingerprint density at radius 3 is 2.54 bits per heavy atom. The number of benzene rings is 2. The summed E-state index contributed by atoms with van der Waals surface area (Å²) in [5.74, 6) is -0.518. The Hall–Kier alpha value is -2.94. The molecule has 0 unspecified atom stereocenters. The lowest BCUT2D eigenvalue weighted by Crippen LogP contribution is -2.17. The summed E-state index contributed by atoms with van der Waals surface area (Å²) in [7, 11) is -3.46. The second kappa shape index (κ2) is 7.96. The molecule has 2 aromatic carbocycles. The van der Waals surface area contributed by atoms with Crippen molar-refractivity contribution < 1.29 is 18.1 Å². The molecule has 0 saturated carbocycles. The number of nitro benzene ring substituents is 1. The summed E-state index contributed by atoms with van der Waals surface area (Å²) in [4.78, 5) is 22.8. The van der Waals surface area contributed by atoms with E-state index < -0.39 is 20.9 Å². The van der Waals surface area contributed by atoms with Crippen molar-refractivity contribution >= 4 is 33.0 Å². The summed E-state index contributed by atoms with van der Waals surface area (Å²) in [6.07, 6.45) is 0.474. The van der Waals surface area contributed by atoms with Crippen LogP contribution in [0.5, 0.6) is 0 Å². The third kappa shape index (κ3) is 5.03. The van der Waals surface area contributed by atoms with Gasteiger partial charge in [0.05, 0.1) is 10.7 Å². The van der Waals surface area contributed by atoms with Gasteiger partial charge in [-0.2, -0.15) is 0 Å². The smallest absolute Gasteiger partial charge is 0.274 e. The number of nitro groups is 1. The fourth-order valence-corrected chi connectivity index (χ4v) is 3.44. The van der Waals surface area contributed by atoms with Crippen LogP contribution >= 0.6 is 0 Å². The van der Waals surface area contributed by atoms with Crippen molar-refractivity contribution in [3.05, 3.63) is 63.7 Å². The maximum Gasteiger partial charge on any atom is 0.274 e. The van der Waals surface area contributed by atoms with Crippen molar-refractivity contribution in [1.29, 1.82) is 0 Å². The van der Waals surface area contributed by atoms with E-state index in [1.165, 1.54) is 18.2 Å². The highest BCUT2D eigenvalue weighted by molar-refractivity contribution is 7.92. The van der Waals surface area contributed by atoms with Gasteiger partial charge >= 0.3 is 0 Å². The highest BCUT2D eigenvalue weighted by Crippen LogP contribution is 2.23. The van der Waals surface area contributed by atoms with Crippen LogP contribution in [0.1, 0.15) is 29.3 Å². The zero-order valence-corrected chi connectivity index (χ0v) is 15.2. The highest BCUT2D eigenvalue weighted by Gasteiger charge is 2.14. The number of carbonyl (C=O) groups excluding carboxylic acids is 1. The number of anilines is 2. The van der Waals surface area contributed by atoms with Crippen LogP contribution in [0.4, 0.5) is 17.1 Å². The molecule has 0 aliphatic carbocycles. The predicted molar refractivity (Wildman–Crippen MR) is 99.9 cm³/mol. The van der Waals surface area contributed by atoms with E-state index in [1.807, 2.05) is 0 Å². The number of amides is 1. The van der Waals surface area contributed by atoms with E-state index in [0.29, 0.717) is 12.0 Å². The third-order valence-electron chi connectivity index (χ3n) is 3.53. The summed E-state index contributed by atoms with van der Waals surface area (Å²) in [6.45, 7) is 3.36. The Labute approximate surface area is 151 Å². The largest absolute Gasteiger partial charge is 0.322 e. The van der Waals surface area contributed by atoms with Gasteiger partial charge < -0.3 is 5.32 Å². The zero-order valence-electron chi connectivity index (χ0n) is 14.4. The fraction of sp³-hybridized carbons (Fsp3) is 0.235. The highest BCUT2D eigenvalue weighted by atomic mass is 32.2. The average molecular weight is 377 g/mol.